The number of hydrogen-bond acceptors (Lipinski definition) is 7. The number of hydrogen-bond donors (Lipinski definition) is 6. The molecule has 38 heavy (non-hydrogen) atoms. The maximum absolute atomic E-state index is 12.4. The molecule has 188 valence electrons. The van der Waals surface area contributed by atoms with Gasteiger partial charge in [-0.1, -0.05) is 18.2 Å². The molecule has 0 saturated heterocycles. The van der Waals surface area contributed by atoms with Gasteiger partial charge in [0.25, 0.3) is 0 Å². The summed E-state index contributed by atoms with van der Waals surface area (Å²) in [6.07, 6.45) is 0. The molecule has 0 radical (unpaired) electrons. The Balaban J connectivity index is 1.54. The maximum atomic E-state index is 12.4. The molecule has 0 amide bonds. The molecule has 0 aromatic heterocycles. The molecular formula is C27H19BN2O7S. The number of fused-ring (bicyclic) bond motifs is 2. The fourth-order valence-corrected chi connectivity index (χ4v) is 4.43. The third kappa shape index (κ3) is 4.93. The van der Waals surface area contributed by atoms with Crippen LogP contribution >= 0.6 is 12.2 Å². The van der Waals surface area contributed by atoms with Crippen LogP contribution < -0.4 is 21.5 Å². The van der Waals surface area contributed by atoms with E-state index in [4.69, 9.17) is 16.6 Å². The Labute approximate surface area is 221 Å². The highest BCUT2D eigenvalue weighted by Crippen LogP contribution is 2.42. The van der Waals surface area contributed by atoms with Gasteiger partial charge in [0.2, 0.25) is 0 Å². The Bertz CT molecular complexity index is 1730. The summed E-state index contributed by atoms with van der Waals surface area (Å²) in [5, 5.41) is 45.2. The minimum Gasteiger partial charge on any atom is -0.508 e. The van der Waals surface area contributed by atoms with Gasteiger partial charge in [-0.2, -0.15) is 0 Å². The summed E-state index contributed by atoms with van der Waals surface area (Å²) in [4.78, 5) is 24.3. The van der Waals surface area contributed by atoms with Crippen molar-refractivity contribution in [1.82, 2.24) is 0 Å². The van der Waals surface area contributed by atoms with Gasteiger partial charge in [0, 0.05) is 40.0 Å². The van der Waals surface area contributed by atoms with Crippen molar-refractivity contribution < 1.29 is 29.5 Å². The van der Waals surface area contributed by atoms with Crippen molar-refractivity contribution in [3.63, 3.8) is 0 Å². The lowest BCUT2D eigenvalue weighted by Crippen LogP contribution is -2.29. The van der Waals surface area contributed by atoms with Crippen LogP contribution in [-0.4, -0.2) is 38.5 Å². The molecule has 0 atom stereocenters. The van der Waals surface area contributed by atoms with E-state index >= 15 is 0 Å². The first-order chi connectivity index (χ1) is 18.2. The molecule has 1 heterocycles. The molecule has 1 aliphatic carbocycles. The van der Waals surface area contributed by atoms with Crippen LogP contribution in [0.15, 0.2) is 88.1 Å². The lowest BCUT2D eigenvalue weighted by molar-refractivity contribution is 0.0697. The van der Waals surface area contributed by atoms with E-state index in [0.29, 0.717) is 44.5 Å². The highest BCUT2D eigenvalue weighted by atomic mass is 32.1. The number of rotatable bonds is 5. The first kappa shape index (κ1) is 25.0. The normalized spacial score (nSPS) is 10.9. The summed E-state index contributed by atoms with van der Waals surface area (Å²) < 4.78 is 5.85. The number of phenols is 1. The molecule has 11 heteroatoms. The smallest absolute Gasteiger partial charge is 0.488 e. The van der Waals surface area contributed by atoms with Gasteiger partial charge in [-0.25, -0.2) is 4.79 Å². The lowest BCUT2D eigenvalue weighted by Gasteiger charge is -2.18. The SMILES string of the molecule is O=C(O)c1cc(NC(=S)Nc2ccc(B(O)O)cc2)ccc1-c1c2ccc(=O)cc-2oc2cc(O)ccc12. The molecule has 0 saturated carbocycles. The molecule has 0 fully saturated rings. The minimum absolute atomic E-state index is 0.0211. The molecule has 0 bridgehead atoms. The van der Waals surface area contributed by atoms with E-state index in [0.717, 1.165) is 0 Å². The molecule has 5 rings (SSSR count). The van der Waals surface area contributed by atoms with Crippen molar-refractivity contribution in [2.45, 2.75) is 0 Å². The fraction of sp³-hybridized carbons (Fsp3) is 0. The van der Waals surface area contributed by atoms with Gasteiger partial charge < -0.3 is 35.3 Å². The summed E-state index contributed by atoms with van der Waals surface area (Å²) >= 11 is 5.35. The van der Waals surface area contributed by atoms with Crippen LogP contribution in [0.2, 0.25) is 0 Å². The second-order valence-electron chi connectivity index (χ2n) is 8.46. The van der Waals surface area contributed by atoms with Gasteiger partial charge in [-0.05, 0) is 71.8 Å². The Kier molecular flexibility index (Phi) is 6.56. The summed E-state index contributed by atoms with van der Waals surface area (Å²) in [6, 6.07) is 19.8. The predicted octanol–water partition coefficient (Wildman–Crippen LogP) is 3.46. The van der Waals surface area contributed by atoms with Gasteiger partial charge in [0.1, 0.15) is 17.1 Å². The molecule has 1 aliphatic heterocycles. The Morgan fingerprint density at radius 2 is 1.53 bits per heavy atom. The second-order valence-corrected chi connectivity index (χ2v) is 8.86. The van der Waals surface area contributed by atoms with Crippen molar-refractivity contribution >= 4 is 58.2 Å². The Hall–Kier alpha value is -4.71. The van der Waals surface area contributed by atoms with E-state index in [-0.39, 0.29) is 27.6 Å². The molecule has 9 nitrogen and oxygen atoms in total. The number of nitrogens with one attached hydrogen (secondary N) is 2. The zero-order valence-electron chi connectivity index (χ0n) is 19.5. The van der Waals surface area contributed by atoms with E-state index in [9.17, 15) is 29.9 Å². The number of thiocarbonyl (C=S) groups is 1. The molecule has 0 unspecified atom stereocenters. The second kappa shape index (κ2) is 9.98. The Morgan fingerprint density at radius 1 is 0.842 bits per heavy atom. The maximum Gasteiger partial charge on any atom is 0.488 e. The monoisotopic (exact) mass is 526 g/mol. The van der Waals surface area contributed by atoms with Crippen molar-refractivity contribution in [3.8, 4) is 28.2 Å². The highest BCUT2D eigenvalue weighted by Gasteiger charge is 2.22. The summed E-state index contributed by atoms with van der Waals surface area (Å²) in [7, 11) is -1.58. The first-order valence-corrected chi connectivity index (χ1v) is 11.7. The third-order valence-electron chi connectivity index (χ3n) is 5.92. The van der Waals surface area contributed by atoms with Gasteiger partial charge >= 0.3 is 13.1 Å². The summed E-state index contributed by atoms with van der Waals surface area (Å²) in [5.74, 6) is -0.956. The van der Waals surface area contributed by atoms with Crippen molar-refractivity contribution in [3.05, 3.63) is 94.6 Å². The fourth-order valence-electron chi connectivity index (χ4n) is 4.20. The van der Waals surface area contributed by atoms with E-state index < -0.39 is 13.1 Å². The van der Waals surface area contributed by atoms with Crippen molar-refractivity contribution in [2.75, 3.05) is 10.6 Å². The zero-order valence-corrected chi connectivity index (χ0v) is 20.3. The molecule has 3 aromatic rings. The molecule has 0 spiro atoms. The highest BCUT2D eigenvalue weighted by molar-refractivity contribution is 7.80. The number of carboxylic acid groups (broad SMARTS) is 1. The van der Waals surface area contributed by atoms with Crippen LogP contribution in [0.25, 0.3) is 33.4 Å². The van der Waals surface area contributed by atoms with E-state index in [1.54, 1.807) is 36.4 Å². The average Bonchev–Trinajstić information content (AvgIpc) is 2.87. The van der Waals surface area contributed by atoms with Crippen LogP contribution in [0.3, 0.4) is 0 Å². The van der Waals surface area contributed by atoms with Crippen LogP contribution in [0.4, 0.5) is 11.4 Å². The minimum atomic E-state index is -1.58. The van der Waals surface area contributed by atoms with Crippen LogP contribution in [0.5, 0.6) is 5.75 Å². The molecule has 6 N–H and O–H groups in total. The largest absolute Gasteiger partial charge is 0.508 e. The number of phenolic OH excluding ortho intramolecular Hbond substituents is 1. The van der Waals surface area contributed by atoms with E-state index in [2.05, 4.69) is 10.6 Å². The van der Waals surface area contributed by atoms with Crippen molar-refractivity contribution in [2.24, 2.45) is 0 Å². The number of carboxylic acids is 1. The Morgan fingerprint density at radius 3 is 2.24 bits per heavy atom. The number of carbonyl (C=O) groups is 1. The van der Waals surface area contributed by atoms with Crippen LogP contribution in [0.1, 0.15) is 10.4 Å². The summed E-state index contributed by atoms with van der Waals surface area (Å²) in [6.45, 7) is 0. The topological polar surface area (TPSA) is 152 Å². The number of aromatic hydroxyl groups is 1. The standard InChI is InChI=1S/C27H19BN2O7S/c31-17-6-9-20-23(12-17)37-24-13-18(32)7-10-21(24)25(20)19-8-5-16(11-22(19)26(33)34)30-27(38)29-15-3-1-14(2-4-15)28(35)36/h1-13,31,35-36H,(H,33,34)(H2,29,30,38). The number of benzene rings is 4. The van der Waals surface area contributed by atoms with Crippen molar-refractivity contribution in [1.29, 1.82) is 0 Å². The zero-order chi connectivity index (χ0) is 27.0. The first-order valence-electron chi connectivity index (χ1n) is 11.3. The molecular weight excluding hydrogens is 507 g/mol. The van der Waals surface area contributed by atoms with Gasteiger partial charge in [-0.3, -0.25) is 4.79 Å². The van der Waals surface area contributed by atoms with Gasteiger partial charge in [-0.15, -0.1) is 0 Å². The van der Waals surface area contributed by atoms with Crippen LogP contribution in [-0.2, 0) is 0 Å². The lowest BCUT2D eigenvalue weighted by atomic mass is 9.80. The van der Waals surface area contributed by atoms with Gasteiger partial charge in [0.05, 0.1) is 5.56 Å². The van der Waals surface area contributed by atoms with E-state index in [1.165, 1.54) is 42.5 Å². The average molecular weight is 526 g/mol. The van der Waals surface area contributed by atoms with Gasteiger partial charge in [0.15, 0.2) is 10.5 Å². The number of anilines is 2. The third-order valence-corrected chi connectivity index (χ3v) is 6.12. The molecule has 2 aliphatic rings. The van der Waals surface area contributed by atoms with E-state index in [1.807, 2.05) is 0 Å². The number of aromatic carboxylic acids is 1. The summed E-state index contributed by atoms with van der Waals surface area (Å²) in [5.41, 5.74) is 2.80. The predicted molar refractivity (Wildman–Crippen MR) is 149 cm³/mol. The molecule has 3 aromatic carbocycles. The van der Waals surface area contributed by atoms with Crippen LogP contribution in [0, 0.1) is 0 Å². The quantitative estimate of drug-likeness (QED) is 0.114.